The molecule has 126 valence electrons. The zero-order valence-electron chi connectivity index (χ0n) is 14.1. The Bertz CT molecular complexity index is 720. The lowest BCUT2D eigenvalue weighted by molar-refractivity contribution is -0.115. The average molecular weight is 324 g/mol. The van der Waals surface area contributed by atoms with Crippen molar-refractivity contribution in [1.82, 2.24) is 5.32 Å². The van der Waals surface area contributed by atoms with Gasteiger partial charge in [-0.2, -0.15) is 0 Å². The highest BCUT2D eigenvalue weighted by molar-refractivity contribution is 6.10. The summed E-state index contributed by atoms with van der Waals surface area (Å²) >= 11 is 0. The highest BCUT2D eigenvalue weighted by atomic mass is 16.1. The zero-order chi connectivity index (χ0) is 16.9. The first-order valence-corrected chi connectivity index (χ1v) is 8.59. The fourth-order valence-corrected chi connectivity index (χ4v) is 3.08. The molecule has 3 aliphatic rings. The molecule has 5 nitrogen and oxygen atoms in total. The molecule has 24 heavy (non-hydrogen) atoms. The van der Waals surface area contributed by atoms with Crippen LogP contribution in [0, 0.1) is 0 Å². The number of aliphatic imine (C=N–C) groups is 2. The molecule has 0 radical (unpaired) electrons. The van der Waals surface area contributed by atoms with Crippen LogP contribution in [0.3, 0.4) is 0 Å². The molecular weight excluding hydrogens is 300 g/mol. The Balaban J connectivity index is 1.96. The van der Waals surface area contributed by atoms with Crippen LogP contribution in [-0.4, -0.2) is 24.0 Å². The van der Waals surface area contributed by atoms with Gasteiger partial charge in [-0.05, 0) is 31.8 Å². The molecule has 5 heteroatoms. The van der Waals surface area contributed by atoms with Crippen molar-refractivity contribution >= 4 is 17.5 Å². The molecule has 0 aromatic carbocycles. The van der Waals surface area contributed by atoms with Crippen LogP contribution in [0.5, 0.6) is 0 Å². The van der Waals surface area contributed by atoms with Crippen LogP contribution in [0.1, 0.15) is 45.4 Å². The van der Waals surface area contributed by atoms with Gasteiger partial charge in [-0.3, -0.25) is 9.79 Å². The highest BCUT2D eigenvalue weighted by Gasteiger charge is 2.21. The third-order valence-electron chi connectivity index (χ3n) is 4.55. The molecule has 0 spiro atoms. The number of nitrogens with two attached hydrogens (primary N) is 1. The molecule has 0 saturated heterocycles. The third-order valence-corrected chi connectivity index (χ3v) is 4.55. The van der Waals surface area contributed by atoms with E-state index in [2.05, 4.69) is 27.5 Å². The number of ketones is 1. The van der Waals surface area contributed by atoms with E-state index in [1.54, 1.807) is 0 Å². The van der Waals surface area contributed by atoms with Gasteiger partial charge in [0.05, 0.1) is 5.70 Å². The molecule has 0 saturated carbocycles. The van der Waals surface area contributed by atoms with E-state index in [4.69, 9.17) is 5.73 Å². The van der Waals surface area contributed by atoms with Gasteiger partial charge in [0.2, 0.25) is 0 Å². The van der Waals surface area contributed by atoms with Crippen LogP contribution >= 0.6 is 0 Å². The van der Waals surface area contributed by atoms with Gasteiger partial charge in [-0.15, -0.1) is 0 Å². The van der Waals surface area contributed by atoms with Gasteiger partial charge in [-0.25, -0.2) is 4.99 Å². The summed E-state index contributed by atoms with van der Waals surface area (Å²) in [6.45, 7) is 2.63. The lowest BCUT2D eigenvalue weighted by atomic mass is 9.97. The van der Waals surface area contributed by atoms with Gasteiger partial charge < -0.3 is 11.1 Å². The van der Waals surface area contributed by atoms with Gasteiger partial charge >= 0.3 is 0 Å². The van der Waals surface area contributed by atoms with Crippen LogP contribution in [-0.2, 0) is 4.79 Å². The summed E-state index contributed by atoms with van der Waals surface area (Å²) < 4.78 is 0. The summed E-state index contributed by atoms with van der Waals surface area (Å²) in [6.07, 6.45) is 13.3. The fraction of sp³-hybridized carbons (Fsp3) is 0.421. The Morgan fingerprint density at radius 2 is 2.12 bits per heavy atom. The molecule has 0 unspecified atom stereocenters. The normalized spacial score (nSPS) is 25.5. The second-order valence-electron chi connectivity index (χ2n) is 6.30. The lowest BCUT2D eigenvalue weighted by Crippen LogP contribution is -2.31. The molecular formula is C19H24N4O. The molecule has 3 N–H and O–H groups in total. The standard InChI is InChI=1S/C19H24N4O/c1-13-16(24)11-10-14-7-3-2-4-8-15(14)22-18(13)19(20)23-17-9-5-6-12-21-17/h2-4,7,22H,5-6,8-12H2,1H3,(H2,20,21,23)/b18-13-. The fourth-order valence-electron chi connectivity index (χ4n) is 3.08. The van der Waals surface area contributed by atoms with Crippen LogP contribution in [0.4, 0.5) is 0 Å². The van der Waals surface area contributed by atoms with Crippen LogP contribution in [0.2, 0.25) is 0 Å². The quantitative estimate of drug-likeness (QED) is 0.575. The Hall–Kier alpha value is -2.43. The molecule has 0 bridgehead atoms. The molecule has 0 aromatic heterocycles. The van der Waals surface area contributed by atoms with Gasteiger partial charge in [-0.1, -0.05) is 24.3 Å². The molecule has 2 heterocycles. The topological polar surface area (TPSA) is 79.8 Å². The first-order chi connectivity index (χ1) is 11.6. The van der Waals surface area contributed by atoms with Gasteiger partial charge in [0, 0.05) is 37.1 Å². The highest BCUT2D eigenvalue weighted by Crippen LogP contribution is 2.23. The van der Waals surface area contributed by atoms with Crippen molar-refractivity contribution in [3.05, 3.63) is 46.8 Å². The lowest BCUT2D eigenvalue weighted by Gasteiger charge is -2.21. The zero-order valence-corrected chi connectivity index (χ0v) is 14.1. The number of nitrogens with one attached hydrogen (secondary N) is 1. The van der Waals surface area contributed by atoms with Crippen molar-refractivity contribution in [1.29, 1.82) is 0 Å². The number of amidine groups is 2. The van der Waals surface area contributed by atoms with Crippen molar-refractivity contribution < 1.29 is 4.79 Å². The molecule has 0 atom stereocenters. The number of nitrogens with zero attached hydrogens (tertiary/aromatic N) is 2. The molecule has 0 amide bonds. The monoisotopic (exact) mass is 324 g/mol. The number of carbonyl (C=O) groups is 1. The summed E-state index contributed by atoms with van der Waals surface area (Å²) in [7, 11) is 0. The maximum atomic E-state index is 12.4. The second-order valence-corrected chi connectivity index (χ2v) is 6.30. The van der Waals surface area contributed by atoms with Crippen LogP contribution in [0.15, 0.2) is 56.8 Å². The summed E-state index contributed by atoms with van der Waals surface area (Å²) in [5.74, 6) is 1.25. The van der Waals surface area contributed by atoms with Gasteiger partial charge in [0.25, 0.3) is 0 Å². The van der Waals surface area contributed by atoms with E-state index >= 15 is 0 Å². The molecule has 0 aromatic rings. The summed E-state index contributed by atoms with van der Waals surface area (Å²) in [6, 6.07) is 0. The van der Waals surface area contributed by atoms with E-state index in [0.717, 1.165) is 55.8 Å². The molecule has 0 fully saturated rings. The van der Waals surface area contributed by atoms with Crippen LogP contribution in [0.25, 0.3) is 0 Å². The minimum absolute atomic E-state index is 0.110. The summed E-state index contributed by atoms with van der Waals surface area (Å²) in [5.41, 5.74) is 9.77. The van der Waals surface area contributed by atoms with E-state index in [-0.39, 0.29) is 5.78 Å². The maximum Gasteiger partial charge on any atom is 0.161 e. The number of Topliss-reactive ketones (excluding diaryl/α,β-unsaturated/α-hetero) is 1. The first kappa shape index (κ1) is 16.4. The van der Waals surface area contributed by atoms with E-state index in [0.29, 0.717) is 23.5 Å². The van der Waals surface area contributed by atoms with Gasteiger partial charge in [0.15, 0.2) is 5.78 Å². The van der Waals surface area contributed by atoms with E-state index < -0.39 is 0 Å². The predicted octanol–water partition coefficient (Wildman–Crippen LogP) is 2.92. The van der Waals surface area contributed by atoms with E-state index in [9.17, 15) is 4.79 Å². The second kappa shape index (κ2) is 7.43. The first-order valence-electron chi connectivity index (χ1n) is 8.59. The smallest absolute Gasteiger partial charge is 0.161 e. The minimum Gasteiger partial charge on any atom is -0.382 e. The van der Waals surface area contributed by atoms with Crippen molar-refractivity contribution in [2.45, 2.75) is 45.4 Å². The van der Waals surface area contributed by atoms with Crippen molar-refractivity contribution in [2.75, 3.05) is 6.54 Å². The van der Waals surface area contributed by atoms with Crippen molar-refractivity contribution in [2.24, 2.45) is 15.7 Å². The number of hydrogen-bond acceptors (Lipinski definition) is 4. The van der Waals surface area contributed by atoms with Crippen LogP contribution < -0.4 is 11.1 Å². The average Bonchev–Trinajstić information content (AvgIpc) is 2.81. The number of rotatable bonds is 1. The van der Waals surface area contributed by atoms with E-state index in [1.165, 1.54) is 0 Å². The van der Waals surface area contributed by atoms with E-state index in [1.807, 2.05) is 19.1 Å². The van der Waals surface area contributed by atoms with Gasteiger partial charge in [0.1, 0.15) is 11.7 Å². The third kappa shape index (κ3) is 3.72. The number of allylic oxidation sites excluding steroid dienone is 6. The molecule has 1 aliphatic carbocycles. The molecule has 2 aliphatic heterocycles. The van der Waals surface area contributed by atoms with Crippen molar-refractivity contribution in [3.63, 3.8) is 0 Å². The molecule has 3 rings (SSSR count). The van der Waals surface area contributed by atoms with Crippen molar-refractivity contribution in [3.8, 4) is 0 Å². The summed E-state index contributed by atoms with van der Waals surface area (Å²) in [4.78, 5) is 21.4. The Morgan fingerprint density at radius 1 is 1.25 bits per heavy atom. The number of carbonyl (C=O) groups excluding carboxylic acids is 1. The largest absolute Gasteiger partial charge is 0.382 e. The maximum absolute atomic E-state index is 12.4. The Morgan fingerprint density at radius 3 is 2.92 bits per heavy atom. The predicted molar refractivity (Wildman–Crippen MR) is 97.8 cm³/mol. The minimum atomic E-state index is 0.110. The number of hydrogen-bond donors (Lipinski definition) is 2. The Kier molecular flexibility index (Phi) is 5.08. The SMILES string of the molecule is C/C1=C(\C(N)=NC2=NCCCC2)NC2=C(C=CC=CC2)CCC1=O. The summed E-state index contributed by atoms with van der Waals surface area (Å²) in [5, 5.41) is 3.39. The Labute approximate surface area is 142 Å².